The Bertz CT molecular complexity index is 207. The van der Waals surface area contributed by atoms with E-state index in [0.29, 0.717) is 0 Å². The second kappa shape index (κ2) is 10.2. The van der Waals surface area contributed by atoms with Gasteiger partial charge in [0.25, 0.3) is 0 Å². The molecule has 0 amide bonds. The first-order chi connectivity index (χ1) is 7.95. The fraction of sp³-hybridized carbons (Fsp3) is 1.00. The number of rotatable bonds is 11. The van der Waals surface area contributed by atoms with Crippen molar-refractivity contribution in [1.82, 2.24) is 0 Å². The van der Waals surface area contributed by atoms with Crippen LogP contribution in [-0.4, -0.2) is 19.5 Å². The van der Waals surface area contributed by atoms with Crippen LogP contribution in [0.15, 0.2) is 0 Å². The Labute approximate surface area is 109 Å². The average molecular weight is 260 g/mol. The van der Waals surface area contributed by atoms with Gasteiger partial charge in [-0.1, -0.05) is 65.2 Å². The normalized spacial score (nSPS) is 13.9. The van der Waals surface area contributed by atoms with E-state index in [2.05, 4.69) is 13.8 Å². The summed E-state index contributed by atoms with van der Waals surface area (Å²) in [6, 6.07) is 0. The minimum absolute atomic E-state index is 0.763. The molecular formula is C15H33OP. The van der Waals surface area contributed by atoms with Crippen molar-refractivity contribution in [2.45, 2.75) is 71.6 Å². The Hall–Kier alpha value is 0.230. The first-order valence-corrected chi connectivity index (χ1v) is 10.3. The van der Waals surface area contributed by atoms with Crippen LogP contribution in [-0.2, 0) is 4.57 Å². The molecule has 1 nitrogen and oxygen atoms in total. The van der Waals surface area contributed by atoms with Crippen molar-refractivity contribution in [2.24, 2.45) is 5.92 Å². The van der Waals surface area contributed by atoms with Crippen LogP contribution in [0.2, 0.25) is 0 Å². The van der Waals surface area contributed by atoms with Crippen molar-refractivity contribution in [3.8, 4) is 0 Å². The minimum Gasteiger partial charge on any atom is -0.324 e. The summed E-state index contributed by atoms with van der Waals surface area (Å²) in [7, 11) is -1.78. The Morgan fingerprint density at radius 1 is 0.882 bits per heavy atom. The molecule has 104 valence electrons. The molecule has 0 aromatic rings. The fourth-order valence-corrected chi connectivity index (χ4v) is 3.19. The molecular weight excluding hydrogens is 227 g/mol. The van der Waals surface area contributed by atoms with Gasteiger partial charge in [-0.2, -0.15) is 0 Å². The van der Waals surface area contributed by atoms with Gasteiger partial charge in [0.05, 0.1) is 7.14 Å². The molecule has 0 heterocycles. The molecule has 0 bridgehead atoms. The monoisotopic (exact) mass is 260 g/mol. The zero-order valence-corrected chi connectivity index (χ0v) is 13.4. The van der Waals surface area contributed by atoms with Crippen molar-refractivity contribution in [3.05, 3.63) is 0 Å². The third kappa shape index (κ3) is 14.2. The molecule has 0 aliphatic carbocycles. The van der Waals surface area contributed by atoms with Crippen LogP contribution < -0.4 is 0 Å². The van der Waals surface area contributed by atoms with E-state index in [1.54, 1.807) is 0 Å². The maximum absolute atomic E-state index is 11.6. The lowest BCUT2D eigenvalue weighted by molar-refractivity contribution is 0.469. The smallest absolute Gasteiger partial charge is 0.0819 e. The van der Waals surface area contributed by atoms with Gasteiger partial charge in [-0.25, -0.2) is 0 Å². The van der Waals surface area contributed by atoms with E-state index in [1.807, 2.05) is 13.3 Å². The van der Waals surface area contributed by atoms with E-state index in [4.69, 9.17) is 0 Å². The Balaban J connectivity index is 3.28. The SMILES string of the molecule is CCCCCCCCCC(C)CCP(C)(C)=O. The highest BCUT2D eigenvalue weighted by molar-refractivity contribution is 7.62. The van der Waals surface area contributed by atoms with Gasteiger partial charge in [0.1, 0.15) is 0 Å². The van der Waals surface area contributed by atoms with Gasteiger partial charge in [-0.15, -0.1) is 0 Å². The highest BCUT2D eigenvalue weighted by Crippen LogP contribution is 2.37. The van der Waals surface area contributed by atoms with Crippen molar-refractivity contribution in [2.75, 3.05) is 19.5 Å². The fourth-order valence-electron chi connectivity index (χ4n) is 2.13. The molecule has 0 saturated heterocycles. The minimum atomic E-state index is -1.78. The molecule has 0 N–H and O–H groups in total. The molecule has 17 heavy (non-hydrogen) atoms. The summed E-state index contributed by atoms with van der Waals surface area (Å²) in [6.45, 7) is 8.40. The van der Waals surface area contributed by atoms with Gasteiger partial charge in [0.2, 0.25) is 0 Å². The molecule has 1 atom stereocenters. The first-order valence-electron chi connectivity index (χ1n) is 7.49. The summed E-state index contributed by atoms with van der Waals surface area (Å²) in [5, 5.41) is 0. The predicted octanol–water partition coefficient (Wildman–Crippen LogP) is 5.78. The molecule has 0 radical (unpaired) electrons. The Morgan fingerprint density at radius 3 is 1.94 bits per heavy atom. The lowest BCUT2D eigenvalue weighted by Crippen LogP contribution is -1.99. The van der Waals surface area contributed by atoms with Crippen molar-refractivity contribution < 1.29 is 4.57 Å². The lowest BCUT2D eigenvalue weighted by Gasteiger charge is -2.13. The van der Waals surface area contributed by atoms with Gasteiger partial charge in [0.15, 0.2) is 0 Å². The van der Waals surface area contributed by atoms with E-state index in [-0.39, 0.29) is 0 Å². The van der Waals surface area contributed by atoms with Gasteiger partial charge in [-0.05, 0) is 25.7 Å². The summed E-state index contributed by atoms with van der Waals surface area (Å²) in [6.07, 6.45) is 13.2. The predicted molar refractivity (Wildman–Crippen MR) is 80.7 cm³/mol. The molecule has 0 aromatic heterocycles. The topological polar surface area (TPSA) is 17.1 Å². The standard InChI is InChI=1S/C15H33OP/c1-5-6-7-8-9-10-11-12-15(2)13-14-17(3,4)16/h15H,5-14H2,1-4H3. The third-order valence-electron chi connectivity index (χ3n) is 3.46. The lowest BCUT2D eigenvalue weighted by atomic mass is 10.00. The number of hydrogen-bond donors (Lipinski definition) is 0. The molecule has 0 rings (SSSR count). The van der Waals surface area contributed by atoms with E-state index >= 15 is 0 Å². The Kier molecular flexibility index (Phi) is 10.3. The quantitative estimate of drug-likeness (QED) is 0.340. The van der Waals surface area contributed by atoms with Crippen LogP contribution in [0.25, 0.3) is 0 Å². The Morgan fingerprint density at radius 2 is 1.41 bits per heavy atom. The van der Waals surface area contributed by atoms with Gasteiger partial charge >= 0.3 is 0 Å². The zero-order valence-electron chi connectivity index (χ0n) is 12.5. The molecule has 1 unspecified atom stereocenters. The van der Waals surface area contributed by atoms with Crippen molar-refractivity contribution >= 4 is 7.14 Å². The highest BCUT2D eigenvalue weighted by Gasteiger charge is 2.10. The molecule has 2 heteroatoms. The van der Waals surface area contributed by atoms with Crippen LogP contribution in [0, 0.1) is 5.92 Å². The summed E-state index contributed by atoms with van der Waals surface area (Å²) in [4.78, 5) is 0. The maximum Gasteiger partial charge on any atom is 0.0819 e. The largest absolute Gasteiger partial charge is 0.324 e. The van der Waals surface area contributed by atoms with Crippen LogP contribution in [0.5, 0.6) is 0 Å². The molecule has 0 saturated carbocycles. The zero-order chi connectivity index (χ0) is 13.1. The summed E-state index contributed by atoms with van der Waals surface area (Å²) >= 11 is 0. The van der Waals surface area contributed by atoms with Gasteiger partial charge < -0.3 is 4.57 Å². The van der Waals surface area contributed by atoms with E-state index in [1.165, 1.54) is 51.4 Å². The highest BCUT2D eigenvalue weighted by atomic mass is 31.2. The molecule has 0 aromatic carbocycles. The van der Waals surface area contributed by atoms with Gasteiger partial charge in [-0.3, -0.25) is 0 Å². The van der Waals surface area contributed by atoms with E-state index in [9.17, 15) is 4.57 Å². The third-order valence-corrected chi connectivity index (χ3v) is 4.80. The van der Waals surface area contributed by atoms with E-state index in [0.717, 1.165) is 18.5 Å². The summed E-state index contributed by atoms with van der Waals surface area (Å²) in [5.74, 6) is 0.763. The molecule has 0 spiro atoms. The van der Waals surface area contributed by atoms with Crippen molar-refractivity contribution in [1.29, 1.82) is 0 Å². The van der Waals surface area contributed by atoms with Crippen molar-refractivity contribution in [3.63, 3.8) is 0 Å². The average Bonchev–Trinajstić information content (AvgIpc) is 2.24. The first kappa shape index (κ1) is 17.2. The maximum atomic E-state index is 11.6. The molecule has 0 aliphatic heterocycles. The van der Waals surface area contributed by atoms with Crippen LogP contribution in [0.1, 0.15) is 71.6 Å². The van der Waals surface area contributed by atoms with Gasteiger partial charge in [0, 0.05) is 6.16 Å². The van der Waals surface area contributed by atoms with Crippen LogP contribution in [0.4, 0.5) is 0 Å². The summed E-state index contributed by atoms with van der Waals surface area (Å²) in [5.41, 5.74) is 0. The van der Waals surface area contributed by atoms with Crippen LogP contribution >= 0.6 is 7.14 Å². The van der Waals surface area contributed by atoms with Crippen LogP contribution in [0.3, 0.4) is 0 Å². The number of unbranched alkanes of at least 4 members (excludes halogenated alkanes) is 6. The second-order valence-electron chi connectivity index (χ2n) is 6.10. The van der Waals surface area contributed by atoms with E-state index < -0.39 is 7.14 Å². The second-order valence-corrected chi connectivity index (χ2v) is 9.70. The molecule has 0 aliphatic rings. The molecule has 0 fully saturated rings. The number of hydrogen-bond acceptors (Lipinski definition) is 1. The summed E-state index contributed by atoms with van der Waals surface area (Å²) < 4.78 is 11.6.